The molecule has 0 aliphatic rings. The van der Waals surface area contributed by atoms with Crippen molar-refractivity contribution in [3.05, 3.63) is 51.6 Å². The van der Waals surface area contributed by atoms with Gasteiger partial charge in [0.1, 0.15) is 10.6 Å². The van der Waals surface area contributed by atoms with Gasteiger partial charge in [-0.25, -0.2) is 8.42 Å². The van der Waals surface area contributed by atoms with Gasteiger partial charge >= 0.3 is 0 Å². The molecule has 0 aliphatic carbocycles. The molecule has 0 saturated carbocycles. The lowest BCUT2D eigenvalue weighted by Gasteiger charge is -2.13. The average Bonchev–Trinajstić information content (AvgIpc) is 2.41. The number of ether oxygens (including phenoxy) is 1. The van der Waals surface area contributed by atoms with Gasteiger partial charge in [0.25, 0.3) is 10.0 Å². The van der Waals surface area contributed by atoms with Crippen molar-refractivity contribution >= 4 is 38.3 Å². The molecule has 0 aromatic heterocycles. The van der Waals surface area contributed by atoms with Crippen LogP contribution in [0, 0.1) is 10.5 Å². The molecule has 2 aromatic rings. The molecule has 0 spiro atoms. The minimum Gasteiger partial charge on any atom is -0.495 e. The standard InChI is InChI=1S/C14H14INO3S/c1-10-7-8-13(19-2)14(9-10)20(17,18)16-12-6-4-3-5-11(12)15/h3-9,16H,1-2H3. The highest BCUT2D eigenvalue weighted by molar-refractivity contribution is 14.1. The Kier molecular flexibility index (Phi) is 4.54. The normalized spacial score (nSPS) is 11.2. The van der Waals surface area contributed by atoms with Crippen molar-refractivity contribution in [3.63, 3.8) is 0 Å². The van der Waals surface area contributed by atoms with Crippen molar-refractivity contribution in [2.24, 2.45) is 0 Å². The number of aryl methyl sites for hydroxylation is 1. The highest BCUT2D eigenvalue weighted by Crippen LogP contribution is 2.28. The van der Waals surface area contributed by atoms with Gasteiger partial charge in [0, 0.05) is 3.57 Å². The van der Waals surface area contributed by atoms with Gasteiger partial charge in [-0.15, -0.1) is 0 Å². The van der Waals surface area contributed by atoms with Gasteiger partial charge in [-0.1, -0.05) is 18.2 Å². The smallest absolute Gasteiger partial charge is 0.265 e. The Morgan fingerprint density at radius 2 is 1.85 bits per heavy atom. The second-order valence-corrected chi connectivity index (χ2v) is 7.05. The van der Waals surface area contributed by atoms with Crippen molar-refractivity contribution in [2.45, 2.75) is 11.8 Å². The van der Waals surface area contributed by atoms with Crippen molar-refractivity contribution in [1.29, 1.82) is 0 Å². The maximum Gasteiger partial charge on any atom is 0.265 e. The zero-order chi connectivity index (χ0) is 14.8. The molecule has 0 fully saturated rings. The molecule has 0 aliphatic heterocycles. The summed E-state index contributed by atoms with van der Waals surface area (Å²) in [7, 11) is -2.23. The zero-order valence-electron chi connectivity index (χ0n) is 11.1. The van der Waals surface area contributed by atoms with Crippen molar-refractivity contribution in [3.8, 4) is 5.75 Å². The van der Waals surface area contributed by atoms with Gasteiger partial charge in [-0.2, -0.15) is 0 Å². The van der Waals surface area contributed by atoms with Crippen LogP contribution in [0.15, 0.2) is 47.4 Å². The van der Waals surface area contributed by atoms with E-state index < -0.39 is 10.0 Å². The van der Waals surface area contributed by atoms with E-state index in [1.54, 1.807) is 24.3 Å². The third kappa shape index (κ3) is 3.24. The lowest BCUT2D eigenvalue weighted by molar-refractivity contribution is 0.402. The summed E-state index contributed by atoms with van der Waals surface area (Å²) in [5, 5.41) is 0. The van der Waals surface area contributed by atoms with Gasteiger partial charge in [0.05, 0.1) is 12.8 Å². The topological polar surface area (TPSA) is 55.4 Å². The second-order valence-electron chi connectivity index (χ2n) is 4.24. The van der Waals surface area contributed by atoms with Crippen LogP contribution in [0.3, 0.4) is 0 Å². The fourth-order valence-electron chi connectivity index (χ4n) is 1.74. The van der Waals surface area contributed by atoms with Crippen LogP contribution in [0.25, 0.3) is 0 Å². The molecular weight excluding hydrogens is 389 g/mol. The van der Waals surface area contributed by atoms with Crippen LogP contribution >= 0.6 is 22.6 Å². The number of methoxy groups -OCH3 is 1. The van der Waals surface area contributed by atoms with E-state index in [4.69, 9.17) is 4.74 Å². The molecule has 0 unspecified atom stereocenters. The summed E-state index contributed by atoms with van der Waals surface area (Å²) in [6.45, 7) is 1.84. The van der Waals surface area contributed by atoms with Crippen LogP contribution in [0.2, 0.25) is 0 Å². The molecule has 0 bridgehead atoms. The van der Waals surface area contributed by atoms with Crippen LogP contribution in [-0.2, 0) is 10.0 Å². The summed E-state index contributed by atoms with van der Waals surface area (Å²) < 4.78 is 33.5. The van der Waals surface area contributed by atoms with Crippen LogP contribution in [0.5, 0.6) is 5.75 Å². The van der Waals surface area contributed by atoms with Gasteiger partial charge in [0.2, 0.25) is 0 Å². The van der Waals surface area contributed by atoms with Crippen LogP contribution < -0.4 is 9.46 Å². The Hall–Kier alpha value is -1.28. The summed E-state index contributed by atoms with van der Waals surface area (Å²) in [4.78, 5) is 0.139. The number of anilines is 1. The molecule has 0 amide bonds. The van der Waals surface area contributed by atoms with Crippen molar-refractivity contribution < 1.29 is 13.2 Å². The molecule has 2 aromatic carbocycles. The first-order valence-electron chi connectivity index (χ1n) is 5.86. The predicted molar refractivity (Wildman–Crippen MR) is 87.7 cm³/mol. The fraction of sp³-hybridized carbons (Fsp3) is 0.143. The molecule has 0 radical (unpaired) electrons. The Morgan fingerprint density at radius 1 is 1.15 bits per heavy atom. The van der Waals surface area contributed by atoms with E-state index in [9.17, 15) is 8.42 Å². The summed E-state index contributed by atoms with van der Waals surface area (Å²) in [6.07, 6.45) is 0. The molecule has 1 N–H and O–H groups in total. The van der Waals surface area contributed by atoms with Crippen LogP contribution in [0.4, 0.5) is 5.69 Å². The van der Waals surface area contributed by atoms with E-state index in [1.165, 1.54) is 7.11 Å². The zero-order valence-corrected chi connectivity index (χ0v) is 14.0. The Morgan fingerprint density at radius 3 is 2.50 bits per heavy atom. The Balaban J connectivity index is 2.46. The first-order valence-corrected chi connectivity index (χ1v) is 8.42. The Bertz CT molecular complexity index is 729. The highest BCUT2D eigenvalue weighted by Gasteiger charge is 2.20. The second kappa shape index (κ2) is 6.01. The fourth-order valence-corrected chi connectivity index (χ4v) is 3.78. The van der Waals surface area contributed by atoms with Gasteiger partial charge in [-0.05, 0) is 59.3 Å². The molecule has 0 heterocycles. The number of halogens is 1. The van der Waals surface area contributed by atoms with E-state index in [-0.39, 0.29) is 4.90 Å². The number of benzene rings is 2. The van der Waals surface area contributed by atoms with Crippen molar-refractivity contribution in [2.75, 3.05) is 11.8 Å². The molecule has 106 valence electrons. The van der Waals surface area contributed by atoms with Crippen molar-refractivity contribution in [1.82, 2.24) is 0 Å². The molecule has 4 nitrogen and oxygen atoms in total. The maximum absolute atomic E-state index is 12.5. The van der Waals surface area contributed by atoms with Gasteiger partial charge in [0.15, 0.2) is 0 Å². The van der Waals surface area contributed by atoms with E-state index in [0.29, 0.717) is 11.4 Å². The molecule has 0 atom stereocenters. The number of hydrogen-bond donors (Lipinski definition) is 1. The lowest BCUT2D eigenvalue weighted by Crippen LogP contribution is -2.15. The minimum absolute atomic E-state index is 0.139. The number of hydrogen-bond acceptors (Lipinski definition) is 3. The van der Waals surface area contributed by atoms with E-state index >= 15 is 0 Å². The molecule has 2 rings (SSSR count). The highest BCUT2D eigenvalue weighted by atomic mass is 127. The number of para-hydroxylation sites is 1. The third-order valence-corrected chi connectivity index (χ3v) is 5.05. The predicted octanol–water partition coefficient (Wildman–Crippen LogP) is 3.41. The van der Waals surface area contributed by atoms with Crippen LogP contribution in [-0.4, -0.2) is 15.5 Å². The third-order valence-electron chi connectivity index (χ3n) is 2.73. The first kappa shape index (κ1) is 15.1. The van der Waals surface area contributed by atoms with E-state index in [0.717, 1.165) is 9.13 Å². The number of rotatable bonds is 4. The SMILES string of the molecule is COc1ccc(C)cc1S(=O)(=O)Nc1ccccc1I. The van der Waals surface area contributed by atoms with E-state index in [2.05, 4.69) is 27.3 Å². The molecule has 6 heteroatoms. The summed E-state index contributed by atoms with van der Waals surface area (Å²) in [5.41, 5.74) is 1.41. The summed E-state index contributed by atoms with van der Waals surface area (Å²) in [6, 6.07) is 12.3. The number of sulfonamides is 1. The monoisotopic (exact) mass is 403 g/mol. The lowest BCUT2D eigenvalue weighted by atomic mass is 10.2. The first-order chi connectivity index (χ1) is 9.44. The molecule has 20 heavy (non-hydrogen) atoms. The average molecular weight is 403 g/mol. The van der Waals surface area contributed by atoms with Gasteiger partial charge < -0.3 is 4.74 Å². The summed E-state index contributed by atoms with van der Waals surface area (Å²) >= 11 is 2.09. The number of nitrogens with one attached hydrogen (secondary N) is 1. The molecular formula is C14H14INO3S. The maximum atomic E-state index is 12.5. The van der Waals surface area contributed by atoms with Crippen LogP contribution in [0.1, 0.15) is 5.56 Å². The van der Waals surface area contributed by atoms with E-state index in [1.807, 2.05) is 25.1 Å². The minimum atomic E-state index is -3.68. The quantitative estimate of drug-likeness (QED) is 0.797. The largest absolute Gasteiger partial charge is 0.495 e. The molecule has 0 saturated heterocycles. The Labute approximate surface area is 132 Å². The van der Waals surface area contributed by atoms with Gasteiger partial charge in [-0.3, -0.25) is 4.72 Å². The summed E-state index contributed by atoms with van der Waals surface area (Å²) in [5.74, 6) is 0.328.